The normalized spacial score (nSPS) is 22.6. The average Bonchev–Trinajstić information content (AvgIpc) is 2.25. The van der Waals surface area contributed by atoms with Crippen molar-refractivity contribution in [2.45, 2.75) is 44.6 Å². The molecule has 3 nitrogen and oxygen atoms in total. The zero-order valence-electron chi connectivity index (χ0n) is 9.53. The van der Waals surface area contributed by atoms with Crippen molar-refractivity contribution in [3.63, 3.8) is 0 Å². The summed E-state index contributed by atoms with van der Waals surface area (Å²) < 4.78 is 4.73. The van der Waals surface area contributed by atoms with Crippen LogP contribution in [0.1, 0.15) is 39.0 Å². The van der Waals surface area contributed by atoms with Gasteiger partial charge in [0.25, 0.3) is 0 Å². The monoisotopic (exact) mass is 212 g/mol. The SMILES string of the molecule is C/C=C\C(C(=O)OC)C1(O)CCCCC1. The molecule has 0 amide bonds. The fraction of sp³-hybridized carbons (Fsp3) is 0.750. The minimum Gasteiger partial charge on any atom is -0.468 e. The Bertz CT molecular complexity index is 239. The van der Waals surface area contributed by atoms with E-state index in [4.69, 9.17) is 4.74 Å². The highest BCUT2D eigenvalue weighted by Crippen LogP contribution is 2.35. The zero-order chi connectivity index (χ0) is 11.3. The van der Waals surface area contributed by atoms with Crippen LogP contribution in [0.3, 0.4) is 0 Å². The van der Waals surface area contributed by atoms with E-state index >= 15 is 0 Å². The number of carbonyl (C=O) groups is 1. The molecular weight excluding hydrogens is 192 g/mol. The molecule has 1 rings (SSSR count). The summed E-state index contributed by atoms with van der Waals surface area (Å²) in [5.41, 5.74) is -0.891. The second-order valence-electron chi connectivity index (χ2n) is 4.19. The lowest BCUT2D eigenvalue weighted by Gasteiger charge is -2.36. The summed E-state index contributed by atoms with van der Waals surface area (Å²) >= 11 is 0. The maximum Gasteiger partial charge on any atom is 0.315 e. The van der Waals surface area contributed by atoms with Gasteiger partial charge in [0.2, 0.25) is 0 Å². The van der Waals surface area contributed by atoms with E-state index in [0.29, 0.717) is 12.8 Å². The van der Waals surface area contributed by atoms with Gasteiger partial charge in [0, 0.05) is 0 Å². The second-order valence-corrected chi connectivity index (χ2v) is 4.19. The summed E-state index contributed by atoms with van der Waals surface area (Å²) in [6.07, 6.45) is 8.05. The molecule has 1 aliphatic rings. The molecule has 3 heteroatoms. The molecule has 0 spiro atoms. The summed E-state index contributed by atoms with van der Waals surface area (Å²) in [5.74, 6) is -0.842. The van der Waals surface area contributed by atoms with Crippen LogP contribution in [0.15, 0.2) is 12.2 Å². The summed E-state index contributed by atoms with van der Waals surface area (Å²) in [7, 11) is 1.37. The predicted octanol–water partition coefficient (Wildman–Crippen LogP) is 2.05. The number of allylic oxidation sites excluding steroid dienone is 1. The van der Waals surface area contributed by atoms with Crippen molar-refractivity contribution < 1.29 is 14.6 Å². The van der Waals surface area contributed by atoms with Gasteiger partial charge in [-0.25, -0.2) is 0 Å². The number of ether oxygens (including phenoxy) is 1. The van der Waals surface area contributed by atoms with Crippen molar-refractivity contribution >= 4 is 5.97 Å². The Morgan fingerprint density at radius 2 is 2.00 bits per heavy atom. The first-order valence-electron chi connectivity index (χ1n) is 5.57. The molecule has 1 unspecified atom stereocenters. The molecular formula is C12H20O3. The van der Waals surface area contributed by atoms with Gasteiger partial charge >= 0.3 is 5.97 Å². The van der Waals surface area contributed by atoms with Crippen molar-refractivity contribution in [3.05, 3.63) is 12.2 Å². The van der Waals surface area contributed by atoms with Crippen molar-refractivity contribution in [1.29, 1.82) is 0 Å². The molecule has 0 radical (unpaired) electrons. The minimum atomic E-state index is -0.891. The first-order chi connectivity index (χ1) is 7.14. The minimum absolute atomic E-state index is 0.336. The van der Waals surface area contributed by atoms with Gasteiger partial charge in [0.05, 0.1) is 12.7 Å². The van der Waals surface area contributed by atoms with Gasteiger partial charge < -0.3 is 9.84 Å². The van der Waals surface area contributed by atoms with E-state index in [1.807, 2.05) is 6.92 Å². The number of carbonyl (C=O) groups excluding carboxylic acids is 1. The summed E-state index contributed by atoms with van der Waals surface area (Å²) in [6.45, 7) is 1.85. The molecule has 0 aromatic rings. The third kappa shape index (κ3) is 2.81. The van der Waals surface area contributed by atoms with Crippen molar-refractivity contribution in [1.82, 2.24) is 0 Å². The van der Waals surface area contributed by atoms with E-state index in [-0.39, 0.29) is 5.97 Å². The van der Waals surface area contributed by atoms with E-state index in [1.165, 1.54) is 7.11 Å². The number of aliphatic hydroxyl groups is 1. The molecule has 15 heavy (non-hydrogen) atoms. The van der Waals surface area contributed by atoms with Crippen LogP contribution in [0.5, 0.6) is 0 Å². The standard InChI is InChI=1S/C12H20O3/c1-3-7-10(11(13)15-2)12(14)8-5-4-6-9-12/h3,7,10,14H,4-6,8-9H2,1-2H3/b7-3-. The fourth-order valence-electron chi connectivity index (χ4n) is 2.27. The van der Waals surface area contributed by atoms with Crippen LogP contribution >= 0.6 is 0 Å². The Morgan fingerprint density at radius 1 is 1.40 bits per heavy atom. The van der Waals surface area contributed by atoms with Crippen LogP contribution < -0.4 is 0 Å². The number of esters is 1. The molecule has 0 heterocycles. The number of hydrogen-bond acceptors (Lipinski definition) is 3. The van der Waals surface area contributed by atoms with Crippen LogP contribution in [0, 0.1) is 5.92 Å². The Hall–Kier alpha value is -0.830. The third-order valence-corrected chi connectivity index (χ3v) is 3.14. The first-order valence-corrected chi connectivity index (χ1v) is 5.57. The Morgan fingerprint density at radius 3 is 2.47 bits per heavy atom. The first kappa shape index (κ1) is 12.2. The third-order valence-electron chi connectivity index (χ3n) is 3.14. The lowest BCUT2D eigenvalue weighted by atomic mass is 9.75. The van der Waals surface area contributed by atoms with Gasteiger partial charge in [-0.05, 0) is 19.8 Å². The van der Waals surface area contributed by atoms with Crippen LogP contribution in [0.25, 0.3) is 0 Å². The molecule has 0 saturated heterocycles. The number of hydrogen-bond donors (Lipinski definition) is 1. The molecule has 1 atom stereocenters. The summed E-state index contributed by atoms with van der Waals surface area (Å²) in [6, 6.07) is 0. The van der Waals surface area contributed by atoms with Gasteiger partial charge in [0.1, 0.15) is 5.92 Å². The van der Waals surface area contributed by atoms with E-state index < -0.39 is 11.5 Å². The predicted molar refractivity (Wildman–Crippen MR) is 58.4 cm³/mol. The molecule has 0 aromatic heterocycles. The topological polar surface area (TPSA) is 46.5 Å². The second kappa shape index (κ2) is 5.31. The number of rotatable bonds is 3. The highest BCUT2D eigenvalue weighted by molar-refractivity contribution is 5.75. The Labute approximate surface area is 91.1 Å². The molecule has 1 N–H and O–H groups in total. The average molecular weight is 212 g/mol. The zero-order valence-corrected chi connectivity index (χ0v) is 9.53. The molecule has 1 fully saturated rings. The van der Waals surface area contributed by atoms with Crippen LogP contribution in [0.4, 0.5) is 0 Å². The van der Waals surface area contributed by atoms with Gasteiger partial charge in [-0.3, -0.25) is 4.79 Å². The largest absolute Gasteiger partial charge is 0.468 e. The maximum atomic E-state index is 11.6. The quantitative estimate of drug-likeness (QED) is 0.575. The molecule has 0 aliphatic heterocycles. The van der Waals surface area contributed by atoms with Gasteiger partial charge in [-0.15, -0.1) is 0 Å². The Kier molecular flexibility index (Phi) is 4.33. The highest BCUT2D eigenvalue weighted by atomic mass is 16.5. The molecule has 0 bridgehead atoms. The lowest BCUT2D eigenvalue weighted by Crippen LogP contribution is -2.43. The van der Waals surface area contributed by atoms with Crippen molar-refractivity contribution in [3.8, 4) is 0 Å². The van der Waals surface area contributed by atoms with E-state index in [9.17, 15) is 9.90 Å². The van der Waals surface area contributed by atoms with E-state index in [0.717, 1.165) is 19.3 Å². The molecule has 86 valence electrons. The van der Waals surface area contributed by atoms with E-state index in [1.54, 1.807) is 12.2 Å². The highest BCUT2D eigenvalue weighted by Gasteiger charge is 2.41. The maximum absolute atomic E-state index is 11.6. The molecule has 1 aliphatic carbocycles. The summed E-state index contributed by atoms with van der Waals surface area (Å²) in [4.78, 5) is 11.6. The smallest absolute Gasteiger partial charge is 0.315 e. The van der Waals surface area contributed by atoms with Crippen LogP contribution in [-0.2, 0) is 9.53 Å². The molecule has 0 aromatic carbocycles. The van der Waals surface area contributed by atoms with E-state index in [2.05, 4.69) is 0 Å². The lowest BCUT2D eigenvalue weighted by molar-refractivity contribution is -0.154. The van der Waals surface area contributed by atoms with Crippen LogP contribution in [-0.4, -0.2) is 23.8 Å². The molecule has 1 saturated carbocycles. The van der Waals surface area contributed by atoms with Gasteiger partial charge in [0.15, 0.2) is 0 Å². The fourth-order valence-corrected chi connectivity index (χ4v) is 2.27. The Balaban J connectivity index is 2.81. The van der Waals surface area contributed by atoms with Crippen molar-refractivity contribution in [2.75, 3.05) is 7.11 Å². The number of methoxy groups -OCH3 is 1. The van der Waals surface area contributed by atoms with Gasteiger partial charge in [-0.1, -0.05) is 31.4 Å². The van der Waals surface area contributed by atoms with Crippen molar-refractivity contribution in [2.24, 2.45) is 5.92 Å². The van der Waals surface area contributed by atoms with Crippen LogP contribution in [0.2, 0.25) is 0 Å². The summed E-state index contributed by atoms with van der Waals surface area (Å²) in [5, 5.41) is 10.4. The van der Waals surface area contributed by atoms with Gasteiger partial charge in [-0.2, -0.15) is 0 Å².